The maximum Gasteiger partial charge on any atom is 0.307 e. The molecule has 0 spiro atoms. The molecule has 2 aromatic rings. The van der Waals surface area contributed by atoms with Crippen LogP contribution < -0.4 is 9.47 Å². The van der Waals surface area contributed by atoms with Crippen LogP contribution in [-0.4, -0.2) is 41.4 Å². The molecule has 1 fully saturated rings. The van der Waals surface area contributed by atoms with Gasteiger partial charge in [-0.15, -0.1) is 0 Å². The van der Waals surface area contributed by atoms with Crippen LogP contribution in [0.4, 0.5) is 0 Å². The fraction of sp³-hybridized carbons (Fsp3) is 0.261. The fourth-order valence-corrected chi connectivity index (χ4v) is 4.35. The number of amides is 1. The number of ether oxygens (including phenoxy) is 3. The highest BCUT2D eigenvalue weighted by Gasteiger charge is 2.32. The summed E-state index contributed by atoms with van der Waals surface area (Å²) < 4.78 is 16.7. The van der Waals surface area contributed by atoms with Gasteiger partial charge in [0.15, 0.2) is 11.5 Å². The second-order valence-electron chi connectivity index (χ2n) is 6.71. The Labute approximate surface area is 201 Å². The number of rotatable bonds is 9. The Kier molecular flexibility index (Phi) is 8.55. The maximum atomic E-state index is 12.7. The molecule has 32 heavy (non-hydrogen) atoms. The number of methoxy groups -OCH3 is 1. The number of benzene rings is 2. The van der Waals surface area contributed by atoms with Crippen LogP contribution >= 0.6 is 35.6 Å². The summed E-state index contributed by atoms with van der Waals surface area (Å²) >= 11 is 12.4. The summed E-state index contributed by atoms with van der Waals surface area (Å²) in [5.74, 6) is 0.544. The zero-order chi connectivity index (χ0) is 23.1. The third-order valence-corrected chi connectivity index (χ3v) is 6.14. The fourth-order valence-electron chi connectivity index (χ4n) is 2.92. The van der Waals surface area contributed by atoms with Crippen molar-refractivity contribution in [3.63, 3.8) is 0 Å². The molecule has 0 aliphatic carbocycles. The molecular weight excluding hydrogens is 470 g/mol. The van der Waals surface area contributed by atoms with Gasteiger partial charge in [0.25, 0.3) is 5.91 Å². The molecule has 0 N–H and O–H groups in total. The van der Waals surface area contributed by atoms with Gasteiger partial charge in [0, 0.05) is 11.6 Å². The summed E-state index contributed by atoms with van der Waals surface area (Å²) in [6.45, 7) is 2.61. The Hall–Kier alpha value is -2.55. The van der Waals surface area contributed by atoms with Gasteiger partial charge in [-0.1, -0.05) is 53.8 Å². The molecule has 2 aromatic carbocycles. The van der Waals surface area contributed by atoms with Crippen molar-refractivity contribution >= 4 is 57.9 Å². The predicted molar refractivity (Wildman–Crippen MR) is 130 cm³/mol. The molecule has 168 valence electrons. The monoisotopic (exact) mass is 491 g/mol. The van der Waals surface area contributed by atoms with Crippen LogP contribution in [0.3, 0.4) is 0 Å². The van der Waals surface area contributed by atoms with Crippen molar-refractivity contribution in [1.29, 1.82) is 0 Å². The number of thioether (sulfide) groups is 1. The van der Waals surface area contributed by atoms with E-state index in [0.29, 0.717) is 39.0 Å². The molecule has 3 rings (SSSR count). The van der Waals surface area contributed by atoms with Gasteiger partial charge in [0.05, 0.1) is 25.0 Å². The van der Waals surface area contributed by atoms with Crippen LogP contribution in [0.15, 0.2) is 47.4 Å². The Bertz CT molecular complexity index is 1040. The Balaban J connectivity index is 1.68. The van der Waals surface area contributed by atoms with E-state index < -0.39 is 0 Å². The van der Waals surface area contributed by atoms with Crippen molar-refractivity contribution < 1.29 is 23.8 Å². The quantitative estimate of drug-likeness (QED) is 0.275. The Morgan fingerprint density at radius 3 is 2.62 bits per heavy atom. The lowest BCUT2D eigenvalue weighted by Crippen LogP contribution is -2.30. The zero-order valence-electron chi connectivity index (χ0n) is 17.6. The van der Waals surface area contributed by atoms with Crippen molar-refractivity contribution in [2.24, 2.45) is 0 Å². The molecule has 0 saturated carbocycles. The first-order valence-corrected chi connectivity index (χ1v) is 11.5. The Morgan fingerprint density at radius 1 is 1.19 bits per heavy atom. The van der Waals surface area contributed by atoms with Gasteiger partial charge in [-0.3, -0.25) is 14.5 Å². The van der Waals surface area contributed by atoms with E-state index in [1.807, 2.05) is 30.3 Å². The predicted octanol–water partition coefficient (Wildman–Crippen LogP) is 5.08. The van der Waals surface area contributed by atoms with Crippen LogP contribution in [0.2, 0.25) is 5.02 Å². The minimum atomic E-state index is -0.357. The standard InChI is InChI=1S/C23H22ClNO5S2/c1-3-29-21(26)10-11-25-22(27)20(32-23(25)31)13-16-6-9-18(19(12-16)28-2)30-14-15-4-7-17(24)8-5-15/h4-9,12-13H,3,10-11,14H2,1-2H3/b20-13-. The van der Waals surface area contributed by atoms with E-state index in [0.717, 1.165) is 11.1 Å². The average molecular weight is 492 g/mol. The highest BCUT2D eigenvalue weighted by Crippen LogP contribution is 2.35. The van der Waals surface area contributed by atoms with Gasteiger partial charge in [0.1, 0.15) is 10.9 Å². The lowest BCUT2D eigenvalue weighted by molar-refractivity contribution is -0.143. The highest BCUT2D eigenvalue weighted by atomic mass is 35.5. The van der Waals surface area contributed by atoms with Crippen LogP contribution in [0.5, 0.6) is 11.5 Å². The summed E-state index contributed by atoms with van der Waals surface area (Å²) in [5.41, 5.74) is 1.75. The van der Waals surface area contributed by atoms with Gasteiger partial charge in [-0.25, -0.2) is 0 Å². The van der Waals surface area contributed by atoms with E-state index in [9.17, 15) is 9.59 Å². The van der Waals surface area contributed by atoms with Crippen LogP contribution in [0, 0.1) is 0 Å². The van der Waals surface area contributed by atoms with E-state index >= 15 is 0 Å². The molecule has 1 saturated heterocycles. The summed E-state index contributed by atoms with van der Waals surface area (Å²) in [6, 6.07) is 12.8. The first-order chi connectivity index (χ1) is 15.4. The SMILES string of the molecule is CCOC(=O)CCN1C(=O)/C(=C/c2ccc(OCc3ccc(Cl)cc3)c(OC)c2)SC1=S. The van der Waals surface area contributed by atoms with Gasteiger partial charge in [0.2, 0.25) is 0 Å². The first-order valence-electron chi connectivity index (χ1n) is 9.87. The number of nitrogens with zero attached hydrogens (tertiary/aromatic N) is 1. The van der Waals surface area contributed by atoms with Gasteiger partial charge in [-0.05, 0) is 48.4 Å². The highest BCUT2D eigenvalue weighted by molar-refractivity contribution is 8.26. The van der Waals surface area contributed by atoms with E-state index in [2.05, 4.69) is 0 Å². The normalized spacial score (nSPS) is 14.7. The molecule has 9 heteroatoms. The molecule has 0 atom stereocenters. The summed E-state index contributed by atoms with van der Waals surface area (Å²) in [4.78, 5) is 26.2. The number of hydrogen-bond acceptors (Lipinski definition) is 7. The molecule has 0 aromatic heterocycles. The van der Waals surface area contributed by atoms with Gasteiger partial charge >= 0.3 is 5.97 Å². The van der Waals surface area contributed by atoms with E-state index in [1.165, 1.54) is 16.7 Å². The second kappa shape index (κ2) is 11.4. The van der Waals surface area contributed by atoms with E-state index in [4.69, 9.17) is 38.0 Å². The number of esters is 1. The van der Waals surface area contributed by atoms with Gasteiger partial charge < -0.3 is 14.2 Å². The molecule has 0 radical (unpaired) electrons. The number of carbonyl (C=O) groups excluding carboxylic acids is 2. The smallest absolute Gasteiger partial charge is 0.307 e. The minimum absolute atomic E-state index is 0.0983. The number of carbonyl (C=O) groups is 2. The summed E-state index contributed by atoms with van der Waals surface area (Å²) in [6.07, 6.45) is 1.84. The third-order valence-electron chi connectivity index (χ3n) is 4.51. The average Bonchev–Trinajstić information content (AvgIpc) is 3.04. The van der Waals surface area contributed by atoms with Crippen LogP contribution in [0.1, 0.15) is 24.5 Å². The molecule has 1 heterocycles. The molecule has 6 nitrogen and oxygen atoms in total. The van der Waals surface area contributed by atoms with Crippen molar-refractivity contribution in [3.8, 4) is 11.5 Å². The topological polar surface area (TPSA) is 65.1 Å². The molecule has 1 amide bonds. The lowest BCUT2D eigenvalue weighted by Gasteiger charge is -2.13. The van der Waals surface area contributed by atoms with E-state index in [-0.39, 0.29) is 24.8 Å². The molecule has 1 aliphatic heterocycles. The third kappa shape index (κ3) is 6.25. The van der Waals surface area contributed by atoms with Crippen LogP contribution in [-0.2, 0) is 20.9 Å². The second-order valence-corrected chi connectivity index (χ2v) is 8.83. The summed E-state index contributed by atoms with van der Waals surface area (Å²) in [7, 11) is 1.56. The molecule has 0 bridgehead atoms. The van der Waals surface area contributed by atoms with E-state index in [1.54, 1.807) is 32.2 Å². The molecular formula is C23H22ClNO5S2. The van der Waals surface area contributed by atoms with Crippen molar-refractivity contribution in [2.75, 3.05) is 20.3 Å². The first kappa shape index (κ1) is 24.1. The minimum Gasteiger partial charge on any atom is -0.493 e. The van der Waals surface area contributed by atoms with Gasteiger partial charge in [-0.2, -0.15) is 0 Å². The van der Waals surface area contributed by atoms with Crippen molar-refractivity contribution in [3.05, 3.63) is 63.5 Å². The number of thiocarbonyl (C=S) groups is 1. The van der Waals surface area contributed by atoms with Crippen LogP contribution in [0.25, 0.3) is 6.08 Å². The Morgan fingerprint density at radius 2 is 1.94 bits per heavy atom. The lowest BCUT2D eigenvalue weighted by atomic mass is 10.1. The largest absolute Gasteiger partial charge is 0.493 e. The van der Waals surface area contributed by atoms with Crippen molar-refractivity contribution in [1.82, 2.24) is 4.90 Å². The number of halogens is 1. The summed E-state index contributed by atoms with van der Waals surface area (Å²) in [5, 5.41) is 0.669. The molecule has 0 unspecified atom stereocenters. The number of hydrogen-bond donors (Lipinski definition) is 0. The zero-order valence-corrected chi connectivity index (χ0v) is 20.0. The maximum absolute atomic E-state index is 12.7. The molecule has 1 aliphatic rings. The van der Waals surface area contributed by atoms with Crippen molar-refractivity contribution in [2.45, 2.75) is 20.0 Å².